The van der Waals surface area contributed by atoms with Crippen LogP contribution in [0.2, 0.25) is 0 Å². The van der Waals surface area contributed by atoms with Crippen molar-refractivity contribution in [1.29, 1.82) is 0 Å². The molecule has 2 aromatic heterocycles. The Balaban J connectivity index is 1.71. The highest BCUT2D eigenvalue weighted by molar-refractivity contribution is 7.99. The first-order valence-electron chi connectivity index (χ1n) is 7.96. The number of halogens is 1. The van der Waals surface area contributed by atoms with E-state index < -0.39 is 0 Å². The molecule has 0 aliphatic heterocycles. The zero-order chi connectivity index (χ0) is 18.8. The van der Waals surface area contributed by atoms with Crippen molar-refractivity contribution >= 4 is 39.2 Å². The van der Waals surface area contributed by atoms with Crippen molar-refractivity contribution in [2.75, 3.05) is 12.8 Å². The number of rotatable bonds is 5. The fourth-order valence-corrected chi connectivity index (χ4v) is 4.21. The lowest BCUT2D eigenvalue weighted by atomic mass is 10.1. The third kappa shape index (κ3) is 3.66. The predicted molar refractivity (Wildman–Crippen MR) is 103 cm³/mol. The van der Waals surface area contributed by atoms with Gasteiger partial charge in [-0.2, -0.15) is 0 Å². The Morgan fingerprint density at radius 3 is 2.73 bits per heavy atom. The van der Waals surface area contributed by atoms with Crippen molar-refractivity contribution in [3.05, 3.63) is 57.4 Å². The molecule has 0 fully saturated rings. The lowest BCUT2D eigenvalue weighted by molar-refractivity contribution is -0.128. The lowest BCUT2D eigenvalue weighted by Crippen LogP contribution is -2.31. The number of hydrogen-bond donors (Lipinski definition) is 0. The number of thioether (sulfide) groups is 1. The van der Waals surface area contributed by atoms with Gasteiger partial charge in [0, 0.05) is 14.1 Å². The van der Waals surface area contributed by atoms with Gasteiger partial charge in [-0.1, -0.05) is 23.9 Å². The summed E-state index contributed by atoms with van der Waals surface area (Å²) in [5.41, 5.74) is 1.41. The van der Waals surface area contributed by atoms with Gasteiger partial charge in [-0.05, 0) is 36.1 Å². The number of amides is 1. The van der Waals surface area contributed by atoms with Crippen LogP contribution in [-0.2, 0) is 11.8 Å². The second kappa shape index (κ2) is 7.59. The van der Waals surface area contributed by atoms with Crippen molar-refractivity contribution in [3.8, 4) is 0 Å². The summed E-state index contributed by atoms with van der Waals surface area (Å²) in [6.07, 6.45) is 0. The fraction of sp³-hybridized carbons (Fsp3) is 0.278. The highest BCUT2D eigenvalue weighted by Crippen LogP contribution is 2.23. The van der Waals surface area contributed by atoms with Crippen molar-refractivity contribution in [2.45, 2.75) is 18.1 Å². The predicted octanol–water partition coefficient (Wildman–Crippen LogP) is 3.45. The molecular weight excluding hydrogens is 373 g/mol. The van der Waals surface area contributed by atoms with Crippen molar-refractivity contribution in [2.24, 2.45) is 7.05 Å². The van der Waals surface area contributed by atoms with E-state index in [1.54, 1.807) is 37.2 Å². The van der Waals surface area contributed by atoms with Gasteiger partial charge in [0.2, 0.25) is 5.91 Å². The van der Waals surface area contributed by atoms with E-state index in [4.69, 9.17) is 0 Å². The van der Waals surface area contributed by atoms with Crippen LogP contribution < -0.4 is 5.56 Å². The summed E-state index contributed by atoms with van der Waals surface area (Å²) in [6, 6.07) is 7.73. The van der Waals surface area contributed by atoms with Crippen molar-refractivity contribution < 1.29 is 9.18 Å². The maximum Gasteiger partial charge on any atom is 0.271 e. The molecule has 0 aliphatic rings. The minimum atomic E-state index is -0.304. The Morgan fingerprint density at radius 1 is 1.35 bits per heavy atom. The maximum absolute atomic E-state index is 13.1. The average molecular weight is 391 g/mol. The molecule has 0 N–H and O–H groups in total. The number of carbonyl (C=O) groups is 1. The van der Waals surface area contributed by atoms with E-state index in [0.29, 0.717) is 15.4 Å². The highest BCUT2D eigenvalue weighted by atomic mass is 32.2. The summed E-state index contributed by atoms with van der Waals surface area (Å²) in [7, 11) is 3.37. The average Bonchev–Trinajstić information content (AvgIpc) is 3.11. The molecule has 0 saturated heterocycles. The molecule has 0 bridgehead atoms. The number of nitrogens with zero attached hydrogens (tertiary/aromatic N) is 3. The number of aromatic nitrogens is 2. The summed E-state index contributed by atoms with van der Waals surface area (Å²) in [5, 5.41) is 2.34. The summed E-state index contributed by atoms with van der Waals surface area (Å²) < 4.78 is 15.1. The summed E-state index contributed by atoms with van der Waals surface area (Å²) in [6.45, 7) is 1.89. The third-order valence-electron chi connectivity index (χ3n) is 4.30. The fourth-order valence-electron chi connectivity index (χ4n) is 2.51. The summed E-state index contributed by atoms with van der Waals surface area (Å²) >= 11 is 2.60. The molecule has 5 nitrogen and oxygen atoms in total. The standard InChI is InChI=1S/C18H18FN3O2S2/c1-11(12-4-6-13(19)7-5-12)21(2)15(23)10-26-18-20-14-8-9-25-16(14)17(24)22(18)3/h4-9,11H,10H2,1-3H3. The first kappa shape index (κ1) is 18.6. The monoisotopic (exact) mass is 391 g/mol. The van der Waals surface area contributed by atoms with Gasteiger partial charge < -0.3 is 4.90 Å². The minimum absolute atomic E-state index is 0.0912. The first-order valence-corrected chi connectivity index (χ1v) is 9.83. The summed E-state index contributed by atoms with van der Waals surface area (Å²) in [5.74, 6) is -0.231. The van der Waals surface area contributed by atoms with E-state index >= 15 is 0 Å². The molecule has 8 heteroatoms. The van der Waals surface area contributed by atoms with E-state index in [2.05, 4.69) is 4.98 Å². The van der Waals surface area contributed by atoms with Gasteiger partial charge in [0.25, 0.3) is 5.56 Å². The zero-order valence-electron chi connectivity index (χ0n) is 14.6. The number of thiophene rings is 1. The molecule has 2 heterocycles. The van der Waals surface area contributed by atoms with Crippen LogP contribution >= 0.6 is 23.1 Å². The molecule has 3 aromatic rings. The highest BCUT2D eigenvalue weighted by Gasteiger charge is 2.19. The van der Waals surface area contributed by atoms with Crippen LogP contribution in [-0.4, -0.2) is 33.2 Å². The van der Waals surface area contributed by atoms with E-state index in [-0.39, 0.29) is 29.1 Å². The quantitative estimate of drug-likeness (QED) is 0.494. The van der Waals surface area contributed by atoms with Gasteiger partial charge in [0.1, 0.15) is 10.5 Å². The summed E-state index contributed by atoms with van der Waals surface area (Å²) in [4.78, 5) is 30.9. The van der Waals surface area contributed by atoms with Crippen LogP contribution in [0.5, 0.6) is 0 Å². The Kier molecular flexibility index (Phi) is 5.43. The molecule has 0 saturated carbocycles. The number of carbonyl (C=O) groups excluding carboxylic acids is 1. The lowest BCUT2D eigenvalue weighted by Gasteiger charge is -2.25. The van der Waals surface area contributed by atoms with Gasteiger partial charge in [0.05, 0.1) is 17.3 Å². The topological polar surface area (TPSA) is 55.2 Å². The smallest absolute Gasteiger partial charge is 0.271 e. The van der Waals surface area contributed by atoms with Gasteiger partial charge in [-0.3, -0.25) is 14.2 Å². The zero-order valence-corrected chi connectivity index (χ0v) is 16.2. The van der Waals surface area contributed by atoms with Crippen LogP contribution in [0.15, 0.2) is 45.7 Å². The SMILES string of the molecule is CC(c1ccc(F)cc1)N(C)C(=O)CSc1nc2ccsc2c(=O)n1C. The van der Waals surface area contributed by atoms with Crippen LogP contribution in [0.4, 0.5) is 4.39 Å². The third-order valence-corrected chi connectivity index (χ3v) is 6.20. The van der Waals surface area contributed by atoms with Gasteiger partial charge in [-0.15, -0.1) is 11.3 Å². The number of benzene rings is 1. The normalized spacial score (nSPS) is 12.3. The molecule has 1 atom stereocenters. The molecule has 3 rings (SSSR count). The Bertz CT molecular complexity index is 998. The molecule has 26 heavy (non-hydrogen) atoms. The van der Waals surface area contributed by atoms with Gasteiger partial charge >= 0.3 is 0 Å². The second-order valence-corrected chi connectivity index (χ2v) is 7.77. The first-order chi connectivity index (χ1) is 12.4. The second-order valence-electron chi connectivity index (χ2n) is 5.91. The van der Waals surface area contributed by atoms with Crippen molar-refractivity contribution in [1.82, 2.24) is 14.5 Å². The van der Waals surface area contributed by atoms with Gasteiger partial charge in [0.15, 0.2) is 5.16 Å². The van der Waals surface area contributed by atoms with Gasteiger partial charge in [-0.25, -0.2) is 9.37 Å². The molecule has 0 aliphatic carbocycles. The molecule has 0 radical (unpaired) electrons. The van der Waals surface area contributed by atoms with E-state index in [0.717, 1.165) is 5.56 Å². The molecule has 1 unspecified atom stereocenters. The van der Waals surface area contributed by atoms with Crippen LogP contribution in [0, 0.1) is 5.82 Å². The van der Waals surface area contributed by atoms with Crippen molar-refractivity contribution in [3.63, 3.8) is 0 Å². The largest absolute Gasteiger partial charge is 0.338 e. The Hall–Kier alpha value is -2.19. The Morgan fingerprint density at radius 2 is 2.04 bits per heavy atom. The molecule has 0 spiro atoms. The maximum atomic E-state index is 13.1. The molecule has 136 valence electrons. The Labute approximate surface area is 158 Å². The number of hydrogen-bond acceptors (Lipinski definition) is 5. The van der Waals surface area contributed by atoms with Crippen LogP contribution in [0.1, 0.15) is 18.5 Å². The molecule has 1 aromatic carbocycles. The number of fused-ring (bicyclic) bond motifs is 1. The molecule has 1 amide bonds. The van der Waals surface area contributed by atoms with E-state index in [9.17, 15) is 14.0 Å². The van der Waals surface area contributed by atoms with E-state index in [1.165, 1.54) is 39.8 Å². The van der Waals surface area contributed by atoms with Crippen LogP contribution in [0.3, 0.4) is 0 Å². The minimum Gasteiger partial charge on any atom is -0.338 e. The molecular formula is C18H18FN3O2S2. The van der Waals surface area contributed by atoms with Crippen LogP contribution in [0.25, 0.3) is 10.2 Å². The van der Waals surface area contributed by atoms with E-state index in [1.807, 2.05) is 12.3 Å².